The van der Waals surface area contributed by atoms with Crippen LogP contribution >= 0.6 is 0 Å². The van der Waals surface area contributed by atoms with Gasteiger partial charge in [-0.25, -0.2) is 14.0 Å². The van der Waals surface area contributed by atoms with Crippen LogP contribution in [0.5, 0.6) is 0 Å². The second-order valence-corrected chi connectivity index (χ2v) is 4.26. The van der Waals surface area contributed by atoms with Gasteiger partial charge in [-0.05, 0) is 24.1 Å². The van der Waals surface area contributed by atoms with Crippen molar-refractivity contribution in [3.63, 3.8) is 0 Å². The minimum absolute atomic E-state index is 0.109. The van der Waals surface area contributed by atoms with Crippen LogP contribution in [0.3, 0.4) is 0 Å². The van der Waals surface area contributed by atoms with Crippen LogP contribution in [0.25, 0.3) is 0 Å². The molecule has 2 aliphatic rings. The zero-order valence-corrected chi connectivity index (χ0v) is 9.34. The average molecular weight is 251 g/mol. The fourth-order valence-corrected chi connectivity index (χ4v) is 2.32. The maximum absolute atomic E-state index is 12.9. The smallest absolute Gasteiger partial charge is 0.434 e. The van der Waals surface area contributed by atoms with Gasteiger partial charge in [0.1, 0.15) is 5.82 Å². The highest BCUT2D eigenvalue weighted by Crippen LogP contribution is 2.36. The van der Waals surface area contributed by atoms with Gasteiger partial charge < -0.3 is 9.57 Å². The number of carbonyl (C=O) groups excluding carboxylic acids is 2. The van der Waals surface area contributed by atoms with E-state index in [0.717, 1.165) is 5.56 Å². The first kappa shape index (κ1) is 11.2. The highest BCUT2D eigenvalue weighted by molar-refractivity contribution is 6.30. The summed E-state index contributed by atoms with van der Waals surface area (Å²) < 4.78 is 17.9. The van der Waals surface area contributed by atoms with Crippen LogP contribution in [0.15, 0.2) is 24.3 Å². The standard InChI is InChI=1S/C12H10FNO4/c13-8-3-1-7(2-4-8)9-5-6-14-10(9)17-11(15)12(16)18-14/h1-4,9-10H,5-6H2. The molecule has 2 atom stereocenters. The number of hydrogen-bond donors (Lipinski definition) is 0. The van der Waals surface area contributed by atoms with Crippen LogP contribution in [-0.4, -0.2) is 29.8 Å². The number of halogens is 1. The van der Waals surface area contributed by atoms with Crippen molar-refractivity contribution in [1.29, 1.82) is 0 Å². The summed E-state index contributed by atoms with van der Waals surface area (Å²) in [5.74, 6) is -2.40. The van der Waals surface area contributed by atoms with Gasteiger partial charge in [0.2, 0.25) is 0 Å². The molecule has 2 fully saturated rings. The van der Waals surface area contributed by atoms with E-state index in [4.69, 9.17) is 9.57 Å². The van der Waals surface area contributed by atoms with Crippen LogP contribution < -0.4 is 0 Å². The SMILES string of the molecule is O=C1OC2C(c3ccc(F)cc3)CCN2OC1=O. The summed E-state index contributed by atoms with van der Waals surface area (Å²) in [6, 6.07) is 6.00. The molecule has 0 aromatic heterocycles. The van der Waals surface area contributed by atoms with Crippen molar-refractivity contribution >= 4 is 11.9 Å². The molecule has 1 aromatic rings. The van der Waals surface area contributed by atoms with Gasteiger partial charge in [0.05, 0.1) is 0 Å². The molecular formula is C12H10FNO4. The Hall–Kier alpha value is -1.95. The quantitative estimate of drug-likeness (QED) is 0.549. The minimum Gasteiger partial charge on any atom is -0.434 e. The summed E-state index contributed by atoms with van der Waals surface area (Å²) >= 11 is 0. The third-order valence-electron chi connectivity index (χ3n) is 3.18. The molecule has 0 bridgehead atoms. The van der Waals surface area contributed by atoms with E-state index < -0.39 is 18.2 Å². The molecule has 2 aliphatic heterocycles. The number of hydroxylamine groups is 2. The van der Waals surface area contributed by atoms with Gasteiger partial charge in [-0.3, -0.25) is 0 Å². The second-order valence-electron chi connectivity index (χ2n) is 4.26. The highest BCUT2D eigenvalue weighted by Gasteiger charge is 2.46. The third kappa shape index (κ3) is 1.74. The molecule has 18 heavy (non-hydrogen) atoms. The monoisotopic (exact) mass is 251 g/mol. The zero-order valence-electron chi connectivity index (χ0n) is 9.34. The number of carbonyl (C=O) groups is 2. The minimum atomic E-state index is -0.994. The summed E-state index contributed by atoms with van der Waals surface area (Å²) in [4.78, 5) is 27.1. The molecule has 3 rings (SSSR count). The Morgan fingerprint density at radius 1 is 1.17 bits per heavy atom. The molecule has 0 radical (unpaired) electrons. The molecule has 0 spiro atoms. The summed E-state index contributed by atoms with van der Waals surface area (Å²) in [5, 5.41) is 1.36. The highest BCUT2D eigenvalue weighted by atomic mass is 19.1. The fraction of sp³-hybridized carbons (Fsp3) is 0.333. The largest absolute Gasteiger partial charge is 0.436 e. The molecule has 5 nitrogen and oxygen atoms in total. The van der Waals surface area contributed by atoms with Crippen molar-refractivity contribution < 1.29 is 23.6 Å². The number of nitrogens with zero attached hydrogens (tertiary/aromatic N) is 1. The normalized spacial score (nSPS) is 27.6. The second kappa shape index (κ2) is 4.06. The van der Waals surface area contributed by atoms with Gasteiger partial charge >= 0.3 is 11.9 Å². The number of hydrogen-bond acceptors (Lipinski definition) is 5. The Balaban J connectivity index is 1.85. The van der Waals surface area contributed by atoms with Crippen molar-refractivity contribution in [2.24, 2.45) is 0 Å². The van der Waals surface area contributed by atoms with E-state index in [0.29, 0.717) is 13.0 Å². The van der Waals surface area contributed by atoms with Gasteiger partial charge in [0.25, 0.3) is 0 Å². The molecule has 2 heterocycles. The topological polar surface area (TPSA) is 55.8 Å². The van der Waals surface area contributed by atoms with Gasteiger partial charge in [-0.15, -0.1) is 0 Å². The van der Waals surface area contributed by atoms with E-state index in [1.54, 1.807) is 12.1 Å². The van der Waals surface area contributed by atoms with Crippen molar-refractivity contribution in [2.45, 2.75) is 18.6 Å². The first-order valence-electron chi connectivity index (χ1n) is 5.60. The molecule has 2 unspecified atom stereocenters. The lowest BCUT2D eigenvalue weighted by Crippen LogP contribution is -2.46. The summed E-state index contributed by atoms with van der Waals surface area (Å²) in [6.45, 7) is 0.492. The van der Waals surface area contributed by atoms with Crippen molar-refractivity contribution in [3.8, 4) is 0 Å². The van der Waals surface area contributed by atoms with Gasteiger partial charge in [-0.1, -0.05) is 17.2 Å². The first-order valence-corrected chi connectivity index (χ1v) is 5.60. The number of fused-ring (bicyclic) bond motifs is 1. The molecule has 0 aliphatic carbocycles. The molecule has 0 N–H and O–H groups in total. The van der Waals surface area contributed by atoms with E-state index in [1.807, 2.05) is 0 Å². The number of ether oxygens (including phenoxy) is 1. The van der Waals surface area contributed by atoms with E-state index >= 15 is 0 Å². The first-order chi connectivity index (χ1) is 8.65. The number of esters is 1. The van der Waals surface area contributed by atoms with E-state index in [9.17, 15) is 14.0 Å². The van der Waals surface area contributed by atoms with E-state index in [-0.39, 0.29) is 11.7 Å². The number of benzene rings is 1. The van der Waals surface area contributed by atoms with Crippen molar-refractivity contribution in [3.05, 3.63) is 35.6 Å². The zero-order chi connectivity index (χ0) is 12.7. The third-order valence-corrected chi connectivity index (χ3v) is 3.18. The maximum atomic E-state index is 12.9. The predicted molar refractivity (Wildman–Crippen MR) is 56.4 cm³/mol. The Labute approximate surface area is 102 Å². The van der Waals surface area contributed by atoms with Gasteiger partial charge in [0, 0.05) is 12.5 Å². The van der Waals surface area contributed by atoms with E-state index in [2.05, 4.69) is 0 Å². The lowest BCUT2D eigenvalue weighted by Gasteiger charge is -2.29. The van der Waals surface area contributed by atoms with Crippen LogP contribution in [0, 0.1) is 5.82 Å². The predicted octanol–water partition coefficient (Wildman–Crippen LogP) is 0.956. The molecular weight excluding hydrogens is 241 g/mol. The van der Waals surface area contributed by atoms with Crippen LogP contribution in [0.2, 0.25) is 0 Å². The van der Waals surface area contributed by atoms with Crippen LogP contribution in [0.4, 0.5) is 4.39 Å². The van der Waals surface area contributed by atoms with E-state index in [1.165, 1.54) is 17.2 Å². The Morgan fingerprint density at radius 3 is 2.61 bits per heavy atom. The summed E-state index contributed by atoms with van der Waals surface area (Å²) in [7, 11) is 0. The molecule has 0 saturated carbocycles. The van der Waals surface area contributed by atoms with Gasteiger partial charge in [0.15, 0.2) is 6.23 Å². The Bertz CT molecular complexity index is 501. The fourth-order valence-electron chi connectivity index (χ4n) is 2.32. The lowest BCUT2D eigenvalue weighted by atomic mass is 9.97. The summed E-state index contributed by atoms with van der Waals surface area (Å²) in [6.07, 6.45) is 0.0669. The van der Waals surface area contributed by atoms with Crippen molar-refractivity contribution in [1.82, 2.24) is 5.06 Å². The molecule has 94 valence electrons. The Kier molecular flexibility index (Phi) is 2.52. The molecule has 6 heteroatoms. The molecule has 2 saturated heterocycles. The average Bonchev–Trinajstić information content (AvgIpc) is 2.74. The van der Waals surface area contributed by atoms with Crippen molar-refractivity contribution in [2.75, 3.05) is 6.54 Å². The lowest BCUT2D eigenvalue weighted by molar-refractivity contribution is -0.256. The van der Waals surface area contributed by atoms with Crippen LogP contribution in [0.1, 0.15) is 17.9 Å². The van der Waals surface area contributed by atoms with Crippen LogP contribution in [-0.2, 0) is 19.2 Å². The maximum Gasteiger partial charge on any atom is 0.436 e. The molecule has 1 aromatic carbocycles. The molecule has 0 amide bonds. The number of rotatable bonds is 1. The van der Waals surface area contributed by atoms with Gasteiger partial charge in [-0.2, -0.15) is 0 Å². The summed E-state index contributed by atoms with van der Waals surface area (Å²) in [5.41, 5.74) is 0.856. The Morgan fingerprint density at radius 2 is 1.89 bits per heavy atom.